The predicted octanol–water partition coefficient (Wildman–Crippen LogP) is -0.740. The van der Waals surface area contributed by atoms with Crippen LogP contribution in [0.2, 0.25) is 0 Å². The summed E-state index contributed by atoms with van der Waals surface area (Å²) in [5, 5.41) is 39.5. The molecule has 16 nitrogen and oxygen atoms in total. The molecule has 0 aromatic carbocycles. The first-order valence-corrected chi connectivity index (χ1v) is 13.9. The van der Waals surface area contributed by atoms with Crippen LogP contribution in [0, 0.1) is 0 Å². The van der Waals surface area contributed by atoms with E-state index in [1.807, 2.05) is 6.92 Å². The number of carboxylic acids is 3. The van der Waals surface area contributed by atoms with Crippen molar-refractivity contribution in [2.45, 2.75) is 96.1 Å². The zero-order valence-electron chi connectivity index (χ0n) is 23.9. The Kier molecular flexibility index (Phi) is 20.2. The van der Waals surface area contributed by atoms with Crippen LogP contribution in [0.5, 0.6) is 0 Å². The SMILES string of the molecule is CCCCNC(=O)CCCNC(=O)CCC(NC(=O)CCCNC(=O)CCC(NC(=O)CCC(=O)O)C(=O)O)C(=O)O. The van der Waals surface area contributed by atoms with Crippen molar-refractivity contribution < 1.29 is 53.7 Å². The maximum Gasteiger partial charge on any atom is 0.326 e. The van der Waals surface area contributed by atoms with Crippen LogP contribution in [-0.2, 0) is 38.4 Å². The van der Waals surface area contributed by atoms with Gasteiger partial charge in [-0.2, -0.15) is 0 Å². The first kappa shape index (κ1) is 37.8. The highest BCUT2D eigenvalue weighted by molar-refractivity contribution is 5.86. The van der Waals surface area contributed by atoms with Crippen molar-refractivity contribution in [2.24, 2.45) is 0 Å². The fourth-order valence-electron chi connectivity index (χ4n) is 3.44. The molecule has 0 rings (SSSR count). The standard InChI is InChI=1S/C26H43N5O11/c1-2-3-14-27-19(32)6-4-15-28-20(33)10-8-17(25(39)40)30-22(35)7-5-16-29-21(34)11-9-18(26(41)42)31-23(36)12-13-24(37)38/h17-18H,2-16H2,1H3,(H,27,32)(H,28,33)(H,29,34)(H,30,35)(H,31,36)(H,37,38)(H,39,40)(H,41,42). The number of nitrogens with one attached hydrogen (secondary N) is 5. The summed E-state index contributed by atoms with van der Waals surface area (Å²) in [7, 11) is 0. The van der Waals surface area contributed by atoms with Crippen LogP contribution in [0.3, 0.4) is 0 Å². The molecular formula is C26H43N5O11. The Bertz CT molecular complexity index is 942. The molecule has 238 valence electrons. The quantitative estimate of drug-likeness (QED) is 0.0639. The van der Waals surface area contributed by atoms with Gasteiger partial charge in [-0.3, -0.25) is 28.8 Å². The minimum atomic E-state index is -1.38. The number of carbonyl (C=O) groups excluding carboxylic acids is 5. The molecule has 2 unspecified atom stereocenters. The second kappa shape index (κ2) is 22.4. The highest BCUT2D eigenvalue weighted by atomic mass is 16.4. The number of aliphatic carboxylic acids is 3. The monoisotopic (exact) mass is 601 g/mol. The Morgan fingerprint density at radius 1 is 0.500 bits per heavy atom. The summed E-state index contributed by atoms with van der Waals surface area (Å²) in [6.07, 6.45) is 0.960. The average molecular weight is 602 g/mol. The van der Waals surface area contributed by atoms with Gasteiger partial charge in [-0.15, -0.1) is 0 Å². The molecule has 0 saturated heterocycles. The molecule has 5 amide bonds. The van der Waals surface area contributed by atoms with Crippen LogP contribution in [0.25, 0.3) is 0 Å². The Balaban J connectivity index is 4.24. The van der Waals surface area contributed by atoms with Crippen LogP contribution < -0.4 is 26.6 Å². The molecule has 0 aromatic rings. The molecule has 0 aliphatic heterocycles. The summed E-state index contributed by atoms with van der Waals surface area (Å²) < 4.78 is 0. The number of carboxylic acid groups (broad SMARTS) is 3. The van der Waals surface area contributed by atoms with Gasteiger partial charge < -0.3 is 41.9 Å². The van der Waals surface area contributed by atoms with Crippen molar-refractivity contribution >= 4 is 47.4 Å². The lowest BCUT2D eigenvalue weighted by Crippen LogP contribution is -2.42. The third-order valence-corrected chi connectivity index (χ3v) is 5.81. The van der Waals surface area contributed by atoms with Gasteiger partial charge in [-0.1, -0.05) is 13.3 Å². The van der Waals surface area contributed by atoms with E-state index >= 15 is 0 Å². The van der Waals surface area contributed by atoms with E-state index in [-0.39, 0.29) is 63.9 Å². The van der Waals surface area contributed by atoms with E-state index in [4.69, 9.17) is 5.11 Å². The largest absolute Gasteiger partial charge is 0.481 e. The van der Waals surface area contributed by atoms with Crippen molar-refractivity contribution in [2.75, 3.05) is 19.6 Å². The van der Waals surface area contributed by atoms with Gasteiger partial charge in [-0.05, 0) is 32.1 Å². The predicted molar refractivity (Wildman–Crippen MR) is 147 cm³/mol. The second-order valence-corrected chi connectivity index (χ2v) is 9.50. The summed E-state index contributed by atoms with van der Waals surface area (Å²) in [6, 6.07) is -2.67. The van der Waals surface area contributed by atoms with Gasteiger partial charge in [0.1, 0.15) is 12.1 Å². The average Bonchev–Trinajstić information content (AvgIpc) is 2.92. The first-order valence-electron chi connectivity index (χ1n) is 13.9. The van der Waals surface area contributed by atoms with Crippen molar-refractivity contribution in [3.05, 3.63) is 0 Å². The van der Waals surface area contributed by atoms with Gasteiger partial charge in [0.2, 0.25) is 29.5 Å². The maximum absolute atomic E-state index is 12.1. The van der Waals surface area contributed by atoms with Crippen LogP contribution >= 0.6 is 0 Å². The van der Waals surface area contributed by atoms with Crippen LogP contribution in [0.1, 0.15) is 84.0 Å². The van der Waals surface area contributed by atoms with E-state index in [9.17, 15) is 48.6 Å². The lowest BCUT2D eigenvalue weighted by atomic mass is 10.1. The molecule has 42 heavy (non-hydrogen) atoms. The van der Waals surface area contributed by atoms with E-state index < -0.39 is 66.5 Å². The Hall–Kier alpha value is -4.24. The van der Waals surface area contributed by atoms with Gasteiger partial charge in [0.25, 0.3) is 0 Å². The third kappa shape index (κ3) is 20.6. The van der Waals surface area contributed by atoms with E-state index in [1.54, 1.807) is 0 Å². The number of unbranched alkanes of at least 4 members (excludes halogenated alkanes) is 1. The second-order valence-electron chi connectivity index (χ2n) is 9.50. The lowest BCUT2D eigenvalue weighted by molar-refractivity contribution is -0.143. The summed E-state index contributed by atoms with van der Waals surface area (Å²) in [5.74, 6) is -6.31. The van der Waals surface area contributed by atoms with Gasteiger partial charge in [0.15, 0.2) is 0 Å². The van der Waals surface area contributed by atoms with Gasteiger partial charge in [-0.25, -0.2) is 9.59 Å². The number of hydrogen-bond acceptors (Lipinski definition) is 8. The topological polar surface area (TPSA) is 257 Å². The van der Waals surface area contributed by atoms with Gasteiger partial charge in [0, 0.05) is 51.7 Å². The molecule has 0 saturated carbocycles. The van der Waals surface area contributed by atoms with Crippen molar-refractivity contribution in [3.8, 4) is 0 Å². The van der Waals surface area contributed by atoms with Crippen molar-refractivity contribution in [3.63, 3.8) is 0 Å². The van der Waals surface area contributed by atoms with E-state index in [0.29, 0.717) is 13.0 Å². The van der Waals surface area contributed by atoms with Crippen molar-refractivity contribution in [1.82, 2.24) is 26.6 Å². The molecule has 0 aliphatic carbocycles. The molecule has 8 N–H and O–H groups in total. The van der Waals surface area contributed by atoms with Crippen LogP contribution in [0.15, 0.2) is 0 Å². The van der Waals surface area contributed by atoms with Gasteiger partial charge >= 0.3 is 17.9 Å². The fourth-order valence-corrected chi connectivity index (χ4v) is 3.44. The first-order chi connectivity index (χ1) is 19.8. The molecule has 0 heterocycles. The molecule has 0 aliphatic rings. The Morgan fingerprint density at radius 3 is 1.29 bits per heavy atom. The third-order valence-electron chi connectivity index (χ3n) is 5.81. The Morgan fingerprint density at radius 2 is 0.881 bits per heavy atom. The number of carbonyl (C=O) groups is 8. The fraction of sp³-hybridized carbons (Fsp3) is 0.692. The molecule has 16 heteroatoms. The normalized spacial score (nSPS) is 11.8. The molecule has 0 fully saturated rings. The summed E-state index contributed by atoms with van der Waals surface area (Å²) in [5.41, 5.74) is 0. The maximum atomic E-state index is 12.1. The van der Waals surface area contributed by atoms with Crippen LogP contribution in [-0.4, -0.2) is 94.5 Å². The summed E-state index contributed by atoms with van der Waals surface area (Å²) in [6.45, 7) is 2.93. The number of hydrogen-bond donors (Lipinski definition) is 8. The van der Waals surface area contributed by atoms with Crippen molar-refractivity contribution in [1.29, 1.82) is 0 Å². The molecular weight excluding hydrogens is 558 g/mol. The molecule has 0 bridgehead atoms. The zero-order chi connectivity index (χ0) is 31.9. The van der Waals surface area contributed by atoms with E-state index in [2.05, 4.69) is 26.6 Å². The molecule has 0 aromatic heterocycles. The molecule has 2 atom stereocenters. The summed E-state index contributed by atoms with van der Waals surface area (Å²) >= 11 is 0. The highest BCUT2D eigenvalue weighted by Gasteiger charge is 2.22. The lowest BCUT2D eigenvalue weighted by Gasteiger charge is -2.15. The number of amides is 5. The van der Waals surface area contributed by atoms with Crippen LogP contribution in [0.4, 0.5) is 0 Å². The minimum absolute atomic E-state index is 0.0474. The van der Waals surface area contributed by atoms with E-state index in [0.717, 1.165) is 12.8 Å². The number of rotatable bonds is 24. The Labute approximate surface area is 243 Å². The minimum Gasteiger partial charge on any atom is -0.481 e. The van der Waals surface area contributed by atoms with Gasteiger partial charge in [0.05, 0.1) is 6.42 Å². The molecule has 0 spiro atoms. The molecule has 0 radical (unpaired) electrons. The smallest absolute Gasteiger partial charge is 0.326 e. The highest BCUT2D eigenvalue weighted by Crippen LogP contribution is 2.02. The summed E-state index contributed by atoms with van der Waals surface area (Å²) in [4.78, 5) is 92.6. The zero-order valence-corrected chi connectivity index (χ0v) is 23.9. The van der Waals surface area contributed by atoms with E-state index in [1.165, 1.54) is 0 Å².